The van der Waals surface area contributed by atoms with Crippen molar-refractivity contribution in [1.82, 2.24) is 15.3 Å². The zero-order valence-corrected chi connectivity index (χ0v) is 13.8. The van der Waals surface area contributed by atoms with Gasteiger partial charge in [0.15, 0.2) is 5.82 Å². The van der Waals surface area contributed by atoms with Gasteiger partial charge in [-0.3, -0.25) is 0 Å². The number of hydrogen-bond acceptors (Lipinski definition) is 4. The number of furan rings is 1. The van der Waals surface area contributed by atoms with Gasteiger partial charge in [0.05, 0.1) is 6.54 Å². The molecule has 0 saturated carbocycles. The minimum atomic E-state index is 0.295. The van der Waals surface area contributed by atoms with Crippen LogP contribution in [0.25, 0.3) is 11.4 Å². The van der Waals surface area contributed by atoms with Gasteiger partial charge < -0.3 is 9.73 Å². The Balaban J connectivity index is 1.54. The van der Waals surface area contributed by atoms with E-state index in [1.54, 1.807) is 0 Å². The lowest BCUT2D eigenvalue weighted by Gasteiger charge is -2.25. The lowest BCUT2D eigenvalue weighted by Crippen LogP contribution is -2.25. The Morgan fingerprint density at radius 3 is 2.83 bits per heavy atom. The molecule has 0 radical (unpaired) electrons. The van der Waals surface area contributed by atoms with E-state index in [4.69, 9.17) is 9.40 Å². The van der Waals surface area contributed by atoms with E-state index in [0.717, 1.165) is 48.7 Å². The Morgan fingerprint density at radius 2 is 2.04 bits per heavy atom. The van der Waals surface area contributed by atoms with E-state index < -0.39 is 0 Å². The van der Waals surface area contributed by atoms with E-state index in [1.165, 1.54) is 11.3 Å². The molecule has 0 amide bonds. The van der Waals surface area contributed by atoms with Gasteiger partial charge in [-0.2, -0.15) is 0 Å². The molecule has 1 aliphatic carbocycles. The van der Waals surface area contributed by atoms with Crippen molar-refractivity contribution in [2.24, 2.45) is 0 Å². The summed E-state index contributed by atoms with van der Waals surface area (Å²) in [6.45, 7) is 2.71. The van der Waals surface area contributed by atoms with E-state index in [0.29, 0.717) is 6.04 Å². The molecule has 0 aliphatic heterocycles. The van der Waals surface area contributed by atoms with Crippen molar-refractivity contribution in [2.75, 3.05) is 0 Å². The molecule has 0 saturated heterocycles. The van der Waals surface area contributed by atoms with Crippen LogP contribution in [0.2, 0.25) is 0 Å². The third kappa shape index (κ3) is 3.10. The van der Waals surface area contributed by atoms with Crippen LogP contribution in [-0.4, -0.2) is 9.97 Å². The lowest BCUT2D eigenvalue weighted by atomic mass is 9.92. The first-order valence-electron chi connectivity index (χ1n) is 8.49. The molecule has 1 aromatic carbocycles. The molecular formula is C20H21N3O. The van der Waals surface area contributed by atoms with Crippen molar-refractivity contribution in [1.29, 1.82) is 0 Å². The molecule has 2 heterocycles. The zero-order valence-electron chi connectivity index (χ0n) is 13.8. The van der Waals surface area contributed by atoms with Gasteiger partial charge in [0, 0.05) is 29.1 Å². The SMILES string of the molecule is Cc1ccc(CNC2CCCc3nc(-c4ccccc4)ncc32)o1. The predicted octanol–water partition coefficient (Wildman–Crippen LogP) is 4.21. The minimum Gasteiger partial charge on any atom is -0.465 e. The summed E-state index contributed by atoms with van der Waals surface area (Å²) in [5, 5.41) is 3.59. The normalized spacial score (nSPS) is 16.8. The maximum atomic E-state index is 5.65. The largest absolute Gasteiger partial charge is 0.465 e. The first-order chi connectivity index (χ1) is 11.8. The molecule has 1 N–H and O–H groups in total. The van der Waals surface area contributed by atoms with Gasteiger partial charge >= 0.3 is 0 Å². The third-order valence-electron chi connectivity index (χ3n) is 4.53. The van der Waals surface area contributed by atoms with E-state index in [9.17, 15) is 0 Å². The van der Waals surface area contributed by atoms with Crippen LogP contribution >= 0.6 is 0 Å². The number of rotatable bonds is 4. The average Bonchev–Trinajstić information content (AvgIpc) is 3.05. The third-order valence-corrected chi connectivity index (χ3v) is 4.53. The van der Waals surface area contributed by atoms with Crippen molar-refractivity contribution < 1.29 is 4.42 Å². The molecule has 0 bridgehead atoms. The van der Waals surface area contributed by atoms with E-state index >= 15 is 0 Å². The number of aryl methyl sites for hydroxylation is 2. The average molecular weight is 319 g/mol. The molecular weight excluding hydrogens is 298 g/mol. The molecule has 122 valence electrons. The molecule has 3 aromatic rings. The van der Waals surface area contributed by atoms with Crippen molar-refractivity contribution in [3.63, 3.8) is 0 Å². The fourth-order valence-corrected chi connectivity index (χ4v) is 3.29. The molecule has 1 unspecified atom stereocenters. The minimum absolute atomic E-state index is 0.295. The molecule has 4 heteroatoms. The summed E-state index contributed by atoms with van der Waals surface area (Å²) < 4.78 is 5.65. The standard InChI is InChI=1S/C20H21N3O/c1-14-10-11-16(24-14)12-21-18-8-5-9-19-17(18)13-22-20(23-19)15-6-3-2-4-7-15/h2-4,6-7,10-11,13,18,21H,5,8-9,12H2,1H3. The van der Waals surface area contributed by atoms with Crippen molar-refractivity contribution in [2.45, 2.75) is 38.8 Å². The second-order valence-electron chi connectivity index (χ2n) is 6.30. The van der Waals surface area contributed by atoms with Crippen LogP contribution in [0, 0.1) is 6.92 Å². The number of nitrogens with one attached hydrogen (secondary N) is 1. The number of benzene rings is 1. The van der Waals surface area contributed by atoms with Gasteiger partial charge in [-0.25, -0.2) is 9.97 Å². The Hall–Kier alpha value is -2.46. The Labute approximate surface area is 142 Å². The summed E-state index contributed by atoms with van der Waals surface area (Å²) in [7, 11) is 0. The number of nitrogens with zero attached hydrogens (tertiary/aromatic N) is 2. The van der Waals surface area contributed by atoms with E-state index in [1.807, 2.05) is 43.5 Å². The lowest BCUT2D eigenvalue weighted by molar-refractivity contribution is 0.406. The number of hydrogen-bond donors (Lipinski definition) is 1. The fraction of sp³-hybridized carbons (Fsp3) is 0.300. The molecule has 1 atom stereocenters. The second-order valence-corrected chi connectivity index (χ2v) is 6.30. The van der Waals surface area contributed by atoms with E-state index in [2.05, 4.69) is 22.4 Å². The van der Waals surface area contributed by atoms with Crippen molar-refractivity contribution >= 4 is 0 Å². The smallest absolute Gasteiger partial charge is 0.159 e. The predicted molar refractivity (Wildman–Crippen MR) is 93.4 cm³/mol. The molecule has 2 aromatic heterocycles. The van der Waals surface area contributed by atoms with Crippen LogP contribution in [0.15, 0.2) is 53.1 Å². The van der Waals surface area contributed by atoms with Gasteiger partial charge in [0.1, 0.15) is 11.5 Å². The van der Waals surface area contributed by atoms with Crippen LogP contribution in [-0.2, 0) is 13.0 Å². The summed E-state index contributed by atoms with van der Waals surface area (Å²) >= 11 is 0. The fourth-order valence-electron chi connectivity index (χ4n) is 3.29. The van der Waals surface area contributed by atoms with Crippen LogP contribution in [0.5, 0.6) is 0 Å². The first kappa shape index (κ1) is 15.1. The number of aromatic nitrogens is 2. The van der Waals surface area contributed by atoms with Crippen LogP contribution < -0.4 is 5.32 Å². The van der Waals surface area contributed by atoms with Gasteiger partial charge in [-0.1, -0.05) is 30.3 Å². The molecule has 4 rings (SSSR count). The monoisotopic (exact) mass is 319 g/mol. The summed E-state index contributed by atoms with van der Waals surface area (Å²) in [6, 6.07) is 14.5. The topological polar surface area (TPSA) is 51.0 Å². The van der Waals surface area contributed by atoms with Gasteiger partial charge in [0.25, 0.3) is 0 Å². The first-order valence-corrected chi connectivity index (χ1v) is 8.49. The van der Waals surface area contributed by atoms with Gasteiger partial charge in [0.2, 0.25) is 0 Å². The van der Waals surface area contributed by atoms with Gasteiger partial charge in [-0.05, 0) is 38.3 Å². The van der Waals surface area contributed by atoms with Gasteiger partial charge in [-0.15, -0.1) is 0 Å². The second kappa shape index (κ2) is 6.57. The van der Waals surface area contributed by atoms with Crippen molar-refractivity contribution in [3.8, 4) is 11.4 Å². The van der Waals surface area contributed by atoms with Crippen molar-refractivity contribution in [3.05, 3.63) is 71.4 Å². The molecule has 0 spiro atoms. The quantitative estimate of drug-likeness (QED) is 0.782. The van der Waals surface area contributed by atoms with E-state index in [-0.39, 0.29) is 0 Å². The number of fused-ring (bicyclic) bond motifs is 1. The molecule has 1 aliphatic rings. The molecule has 24 heavy (non-hydrogen) atoms. The van der Waals surface area contributed by atoms with Crippen LogP contribution in [0.4, 0.5) is 0 Å². The Morgan fingerprint density at radius 1 is 1.17 bits per heavy atom. The maximum absolute atomic E-state index is 5.65. The maximum Gasteiger partial charge on any atom is 0.159 e. The summed E-state index contributed by atoms with van der Waals surface area (Å²) in [5.41, 5.74) is 3.47. The zero-order chi connectivity index (χ0) is 16.4. The highest BCUT2D eigenvalue weighted by atomic mass is 16.3. The highest BCUT2D eigenvalue weighted by Gasteiger charge is 2.22. The summed E-state index contributed by atoms with van der Waals surface area (Å²) in [5.74, 6) is 2.74. The molecule has 4 nitrogen and oxygen atoms in total. The van der Waals surface area contributed by atoms with Crippen LogP contribution in [0.1, 0.15) is 41.7 Å². The Kier molecular flexibility index (Phi) is 4.13. The summed E-state index contributed by atoms with van der Waals surface area (Å²) in [6.07, 6.45) is 5.28. The Bertz CT molecular complexity index is 826. The highest BCUT2D eigenvalue weighted by Crippen LogP contribution is 2.29. The van der Waals surface area contributed by atoms with Crippen LogP contribution in [0.3, 0.4) is 0 Å². The molecule has 0 fully saturated rings. The highest BCUT2D eigenvalue weighted by molar-refractivity contribution is 5.55. The summed E-state index contributed by atoms with van der Waals surface area (Å²) in [4.78, 5) is 9.42.